The van der Waals surface area contributed by atoms with E-state index in [0.29, 0.717) is 6.61 Å². The predicted octanol–water partition coefficient (Wildman–Crippen LogP) is -0.568. The molecule has 0 spiro atoms. The summed E-state index contributed by atoms with van der Waals surface area (Å²) < 4.78 is 10.6. The van der Waals surface area contributed by atoms with Gasteiger partial charge in [-0.1, -0.05) is 0 Å². The maximum atomic E-state index is 9.44. The maximum absolute atomic E-state index is 9.44. The Balaban J connectivity index is 2.55. The molecule has 5 nitrogen and oxygen atoms in total. The molecule has 3 N–H and O–H groups in total. The molecule has 1 aliphatic rings. The average Bonchev–Trinajstić information content (AvgIpc) is 2.45. The van der Waals surface area contributed by atoms with E-state index < -0.39 is 0 Å². The molecule has 0 aromatic heterocycles. The highest BCUT2D eigenvalue weighted by atomic mass is 16.5. The first-order valence-electron chi connectivity index (χ1n) is 5.90. The molecule has 0 amide bonds. The number of hydrogen-bond acceptors (Lipinski definition) is 5. The van der Waals surface area contributed by atoms with Crippen molar-refractivity contribution in [2.24, 2.45) is 5.73 Å². The quantitative estimate of drug-likeness (QED) is 0.664. The molecule has 1 aliphatic heterocycles. The zero-order chi connectivity index (χ0) is 12.0. The summed E-state index contributed by atoms with van der Waals surface area (Å²) in [7, 11) is 1.63. The first kappa shape index (κ1) is 13.9. The molecule has 0 radical (unpaired) electrons. The Morgan fingerprint density at radius 1 is 1.62 bits per heavy atom. The highest BCUT2D eigenvalue weighted by molar-refractivity contribution is 4.83. The molecule has 3 unspecified atom stereocenters. The van der Waals surface area contributed by atoms with Crippen molar-refractivity contribution in [2.75, 3.05) is 40.0 Å². The SMILES string of the molecule is COCC(N)C(CO)N1CCCOC(C)C1. The summed E-state index contributed by atoms with van der Waals surface area (Å²) in [5.74, 6) is 0. The third-order valence-corrected chi connectivity index (χ3v) is 2.99. The lowest BCUT2D eigenvalue weighted by Crippen LogP contribution is -2.53. The van der Waals surface area contributed by atoms with Gasteiger partial charge >= 0.3 is 0 Å². The zero-order valence-electron chi connectivity index (χ0n) is 10.3. The van der Waals surface area contributed by atoms with Crippen LogP contribution in [-0.4, -0.2) is 68.2 Å². The normalized spacial score (nSPS) is 27.4. The Kier molecular flexibility index (Phi) is 6.23. The lowest BCUT2D eigenvalue weighted by atomic mass is 10.1. The summed E-state index contributed by atoms with van der Waals surface area (Å²) in [6.45, 7) is 5.12. The zero-order valence-corrected chi connectivity index (χ0v) is 10.3. The third kappa shape index (κ3) is 3.99. The minimum atomic E-state index is -0.153. The number of ether oxygens (including phenoxy) is 2. The van der Waals surface area contributed by atoms with Crippen LogP contribution in [-0.2, 0) is 9.47 Å². The third-order valence-electron chi connectivity index (χ3n) is 2.99. The first-order chi connectivity index (χ1) is 7.69. The summed E-state index contributed by atoms with van der Waals surface area (Å²) in [5, 5.41) is 9.44. The Morgan fingerprint density at radius 3 is 3.00 bits per heavy atom. The second-order valence-corrected chi connectivity index (χ2v) is 4.40. The van der Waals surface area contributed by atoms with Gasteiger partial charge < -0.3 is 20.3 Å². The number of aliphatic hydroxyl groups excluding tert-OH is 1. The molecule has 1 heterocycles. The van der Waals surface area contributed by atoms with Gasteiger partial charge in [-0.15, -0.1) is 0 Å². The fourth-order valence-electron chi connectivity index (χ4n) is 2.15. The van der Waals surface area contributed by atoms with Crippen LogP contribution in [0.15, 0.2) is 0 Å². The lowest BCUT2D eigenvalue weighted by molar-refractivity contribution is 0.0371. The van der Waals surface area contributed by atoms with Crippen LogP contribution in [0, 0.1) is 0 Å². The van der Waals surface area contributed by atoms with Gasteiger partial charge in [0.1, 0.15) is 0 Å². The van der Waals surface area contributed by atoms with Gasteiger partial charge in [0.2, 0.25) is 0 Å². The number of aliphatic hydroxyl groups is 1. The summed E-state index contributed by atoms with van der Waals surface area (Å²) in [6.07, 6.45) is 1.19. The molecule has 0 aliphatic carbocycles. The number of nitrogens with two attached hydrogens (primary N) is 1. The Bertz CT molecular complexity index is 192. The van der Waals surface area contributed by atoms with Crippen molar-refractivity contribution >= 4 is 0 Å². The number of methoxy groups -OCH3 is 1. The van der Waals surface area contributed by atoms with Crippen molar-refractivity contribution in [1.29, 1.82) is 0 Å². The summed E-state index contributed by atoms with van der Waals surface area (Å²) >= 11 is 0. The van der Waals surface area contributed by atoms with Crippen molar-refractivity contribution in [3.8, 4) is 0 Å². The lowest BCUT2D eigenvalue weighted by Gasteiger charge is -2.33. The summed E-state index contributed by atoms with van der Waals surface area (Å²) in [4.78, 5) is 2.21. The molecule has 0 saturated carbocycles. The van der Waals surface area contributed by atoms with Crippen LogP contribution in [0.25, 0.3) is 0 Å². The Labute approximate surface area is 97.5 Å². The van der Waals surface area contributed by atoms with Gasteiger partial charge in [-0.05, 0) is 13.3 Å². The van der Waals surface area contributed by atoms with Crippen LogP contribution >= 0.6 is 0 Å². The van der Waals surface area contributed by atoms with Gasteiger partial charge in [-0.3, -0.25) is 4.90 Å². The fraction of sp³-hybridized carbons (Fsp3) is 1.00. The standard InChI is InChI=1S/C11H24N2O3/c1-9-6-13(4-3-5-16-9)11(7-14)10(12)8-15-2/h9-11,14H,3-8,12H2,1-2H3. The molecular weight excluding hydrogens is 208 g/mol. The molecule has 1 rings (SSSR count). The average molecular weight is 232 g/mol. The van der Waals surface area contributed by atoms with Gasteiger partial charge in [0.05, 0.1) is 25.4 Å². The van der Waals surface area contributed by atoms with Crippen molar-refractivity contribution in [3.05, 3.63) is 0 Å². The van der Waals surface area contributed by atoms with Gasteiger partial charge in [0.25, 0.3) is 0 Å². The number of rotatable bonds is 5. The molecule has 3 atom stereocenters. The van der Waals surface area contributed by atoms with Crippen LogP contribution in [0.4, 0.5) is 0 Å². The highest BCUT2D eigenvalue weighted by Crippen LogP contribution is 2.11. The van der Waals surface area contributed by atoms with E-state index in [-0.39, 0.29) is 24.8 Å². The molecule has 96 valence electrons. The molecule has 1 fully saturated rings. The molecular formula is C11H24N2O3. The van der Waals surface area contributed by atoms with Crippen molar-refractivity contribution in [3.63, 3.8) is 0 Å². The highest BCUT2D eigenvalue weighted by Gasteiger charge is 2.27. The van der Waals surface area contributed by atoms with Gasteiger partial charge in [0.15, 0.2) is 0 Å². The van der Waals surface area contributed by atoms with Crippen LogP contribution in [0.5, 0.6) is 0 Å². The molecule has 0 bridgehead atoms. The summed E-state index contributed by atoms with van der Waals surface area (Å²) in [5.41, 5.74) is 6.00. The minimum absolute atomic E-state index is 0.0379. The maximum Gasteiger partial charge on any atom is 0.0674 e. The van der Waals surface area contributed by atoms with E-state index >= 15 is 0 Å². The van der Waals surface area contributed by atoms with Gasteiger partial charge in [-0.2, -0.15) is 0 Å². The van der Waals surface area contributed by atoms with Crippen LogP contribution in [0.1, 0.15) is 13.3 Å². The Morgan fingerprint density at radius 2 is 2.38 bits per heavy atom. The molecule has 0 aromatic rings. The van der Waals surface area contributed by atoms with Crippen molar-refractivity contribution in [1.82, 2.24) is 4.90 Å². The second-order valence-electron chi connectivity index (χ2n) is 4.40. The topological polar surface area (TPSA) is 68.0 Å². The Hall–Kier alpha value is -0.200. The molecule has 5 heteroatoms. The van der Waals surface area contributed by atoms with Crippen LogP contribution < -0.4 is 5.73 Å². The van der Waals surface area contributed by atoms with E-state index in [1.54, 1.807) is 7.11 Å². The predicted molar refractivity (Wildman–Crippen MR) is 62.3 cm³/mol. The second kappa shape index (κ2) is 7.19. The molecule has 0 aromatic carbocycles. The molecule has 1 saturated heterocycles. The summed E-state index contributed by atoms with van der Waals surface area (Å²) in [6, 6.07) is -0.190. The minimum Gasteiger partial charge on any atom is -0.395 e. The van der Waals surface area contributed by atoms with E-state index in [0.717, 1.165) is 26.1 Å². The first-order valence-corrected chi connectivity index (χ1v) is 5.90. The monoisotopic (exact) mass is 232 g/mol. The van der Waals surface area contributed by atoms with E-state index in [2.05, 4.69) is 11.8 Å². The van der Waals surface area contributed by atoms with E-state index in [4.69, 9.17) is 15.2 Å². The van der Waals surface area contributed by atoms with Crippen LogP contribution in [0.2, 0.25) is 0 Å². The number of hydrogen-bond donors (Lipinski definition) is 2. The molecule has 16 heavy (non-hydrogen) atoms. The van der Waals surface area contributed by atoms with Crippen LogP contribution in [0.3, 0.4) is 0 Å². The number of nitrogens with zero attached hydrogens (tertiary/aromatic N) is 1. The van der Waals surface area contributed by atoms with E-state index in [9.17, 15) is 5.11 Å². The van der Waals surface area contributed by atoms with E-state index in [1.807, 2.05) is 0 Å². The van der Waals surface area contributed by atoms with Gasteiger partial charge in [-0.25, -0.2) is 0 Å². The fourth-order valence-corrected chi connectivity index (χ4v) is 2.15. The van der Waals surface area contributed by atoms with Gasteiger partial charge in [0, 0.05) is 32.8 Å². The van der Waals surface area contributed by atoms with Crippen molar-refractivity contribution < 1.29 is 14.6 Å². The van der Waals surface area contributed by atoms with E-state index in [1.165, 1.54) is 0 Å². The largest absolute Gasteiger partial charge is 0.395 e. The smallest absolute Gasteiger partial charge is 0.0674 e. The van der Waals surface area contributed by atoms with Crippen molar-refractivity contribution in [2.45, 2.75) is 31.5 Å².